The molecule has 1 aliphatic heterocycles. The average molecular weight is 526 g/mol. The lowest BCUT2D eigenvalue weighted by atomic mass is 10.1. The van der Waals surface area contributed by atoms with Crippen LogP contribution in [0.4, 0.5) is 5.69 Å². The third kappa shape index (κ3) is 6.90. The molecule has 3 rings (SSSR count). The molecule has 0 spiro atoms. The average Bonchev–Trinajstić information content (AvgIpc) is 2.75. The molecule has 2 aromatic rings. The summed E-state index contributed by atoms with van der Waals surface area (Å²) in [4.78, 5) is 28.9. The minimum atomic E-state index is -0.416. The van der Waals surface area contributed by atoms with Gasteiger partial charge in [-0.3, -0.25) is 14.9 Å². The number of rotatable bonds is 5. The Kier molecular flexibility index (Phi) is 8.25. The second-order valence-electron chi connectivity index (χ2n) is 7.03. The van der Waals surface area contributed by atoms with E-state index in [2.05, 4.69) is 31.5 Å². The van der Waals surface area contributed by atoms with Crippen LogP contribution in [0.15, 0.2) is 46.9 Å². The summed E-state index contributed by atoms with van der Waals surface area (Å²) >= 11 is 14.8. The second-order valence-corrected chi connectivity index (χ2v) is 8.77. The number of thiocarbonyl (C=S) groups is 1. The van der Waals surface area contributed by atoms with Gasteiger partial charge in [-0.25, -0.2) is 0 Å². The van der Waals surface area contributed by atoms with Crippen molar-refractivity contribution in [3.05, 3.63) is 57.5 Å². The molecule has 0 aromatic heterocycles. The van der Waals surface area contributed by atoms with Gasteiger partial charge < -0.3 is 19.9 Å². The van der Waals surface area contributed by atoms with Gasteiger partial charge in [0.15, 0.2) is 11.7 Å². The molecule has 1 aliphatic rings. The number of nitrogens with one attached hydrogen (secondary N) is 2. The Hall–Kier alpha value is -2.20. The monoisotopic (exact) mass is 524 g/mol. The molecule has 164 valence electrons. The second kappa shape index (κ2) is 10.9. The van der Waals surface area contributed by atoms with Gasteiger partial charge in [-0.05, 0) is 61.7 Å². The summed E-state index contributed by atoms with van der Waals surface area (Å²) in [6.07, 6.45) is 0. The maximum atomic E-state index is 12.8. The number of benzene rings is 2. The third-order valence-corrected chi connectivity index (χ3v) is 5.75. The molecule has 0 aliphatic carbocycles. The van der Waals surface area contributed by atoms with Crippen molar-refractivity contribution in [1.29, 1.82) is 0 Å². The van der Waals surface area contributed by atoms with E-state index < -0.39 is 5.91 Å². The van der Waals surface area contributed by atoms with Crippen LogP contribution in [0.25, 0.3) is 0 Å². The van der Waals surface area contributed by atoms with Crippen LogP contribution in [0, 0.1) is 0 Å². The van der Waals surface area contributed by atoms with Gasteiger partial charge in [0.2, 0.25) is 0 Å². The van der Waals surface area contributed by atoms with Crippen molar-refractivity contribution in [2.45, 2.75) is 0 Å². The van der Waals surface area contributed by atoms with E-state index in [1.807, 2.05) is 24.1 Å². The van der Waals surface area contributed by atoms with Crippen molar-refractivity contribution < 1.29 is 14.3 Å². The van der Waals surface area contributed by atoms with Crippen LogP contribution in [0.2, 0.25) is 5.02 Å². The van der Waals surface area contributed by atoms with Gasteiger partial charge >= 0.3 is 0 Å². The van der Waals surface area contributed by atoms with Gasteiger partial charge in [-0.2, -0.15) is 0 Å². The molecule has 2 amide bonds. The highest BCUT2D eigenvalue weighted by Gasteiger charge is 2.21. The number of anilines is 1. The first kappa shape index (κ1) is 23.5. The van der Waals surface area contributed by atoms with Crippen molar-refractivity contribution >= 4 is 62.4 Å². The first-order valence-corrected chi connectivity index (χ1v) is 11.2. The summed E-state index contributed by atoms with van der Waals surface area (Å²) in [6, 6.07) is 12.1. The summed E-state index contributed by atoms with van der Waals surface area (Å²) in [5.41, 5.74) is 0.949. The Bertz CT molecular complexity index is 966. The Labute approximate surface area is 199 Å². The van der Waals surface area contributed by atoms with E-state index in [1.54, 1.807) is 30.3 Å². The predicted molar refractivity (Wildman–Crippen MR) is 129 cm³/mol. The lowest BCUT2D eigenvalue weighted by molar-refractivity contribution is -0.121. The number of carbonyl (C=O) groups excluding carboxylic acids is 2. The molecule has 2 aromatic carbocycles. The van der Waals surface area contributed by atoms with Crippen molar-refractivity contribution in [2.75, 3.05) is 45.2 Å². The van der Waals surface area contributed by atoms with Gasteiger partial charge in [0.25, 0.3) is 11.8 Å². The summed E-state index contributed by atoms with van der Waals surface area (Å²) in [5, 5.41) is 5.87. The number of hydrogen-bond acceptors (Lipinski definition) is 5. The van der Waals surface area contributed by atoms with E-state index in [9.17, 15) is 9.59 Å². The molecule has 0 unspecified atom stereocenters. The molecule has 0 atom stereocenters. The number of nitrogens with zero attached hydrogens (tertiary/aromatic N) is 2. The molecule has 1 fully saturated rings. The smallest absolute Gasteiger partial charge is 0.264 e. The SMILES string of the molecule is CN1CCN(C(=O)c2ccc(Cl)c(NC(=S)NC(=O)COc3ccc(Br)cc3)c2)CC1. The Morgan fingerprint density at radius 2 is 1.81 bits per heavy atom. The van der Waals surface area contributed by atoms with Gasteiger partial charge in [0.05, 0.1) is 10.7 Å². The van der Waals surface area contributed by atoms with E-state index in [-0.39, 0.29) is 17.6 Å². The molecular weight excluding hydrogens is 504 g/mol. The first-order chi connectivity index (χ1) is 14.8. The summed E-state index contributed by atoms with van der Waals surface area (Å²) in [7, 11) is 2.03. The maximum absolute atomic E-state index is 12.8. The molecule has 1 heterocycles. The molecule has 2 N–H and O–H groups in total. The number of amides is 2. The molecule has 10 heteroatoms. The number of hydrogen-bond donors (Lipinski definition) is 2. The van der Waals surface area contributed by atoms with Crippen LogP contribution < -0.4 is 15.4 Å². The van der Waals surface area contributed by atoms with Gasteiger partial charge in [-0.15, -0.1) is 0 Å². The molecule has 0 radical (unpaired) electrons. The first-order valence-electron chi connectivity index (χ1n) is 9.58. The highest BCUT2D eigenvalue weighted by atomic mass is 79.9. The number of likely N-dealkylation sites (N-methyl/N-ethyl adjacent to an activating group) is 1. The Morgan fingerprint density at radius 3 is 2.48 bits per heavy atom. The zero-order chi connectivity index (χ0) is 22.4. The van der Waals surface area contributed by atoms with E-state index in [0.29, 0.717) is 35.1 Å². The summed E-state index contributed by atoms with van der Waals surface area (Å²) < 4.78 is 6.34. The minimum absolute atomic E-state index is 0.0642. The summed E-state index contributed by atoms with van der Waals surface area (Å²) in [5.74, 6) is 0.0854. The normalized spacial score (nSPS) is 14.1. The van der Waals surface area contributed by atoms with Crippen molar-refractivity contribution in [1.82, 2.24) is 15.1 Å². The van der Waals surface area contributed by atoms with Gasteiger partial charge in [0.1, 0.15) is 5.75 Å². The van der Waals surface area contributed by atoms with Crippen LogP contribution in [-0.4, -0.2) is 66.6 Å². The third-order valence-electron chi connectivity index (χ3n) is 4.69. The summed E-state index contributed by atoms with van der Waals surface area (Å²) in [6.45, 7) is 2.83. The number of ether oxygens (including phenoxy) is 1. The van der Waals surface area contributed by atoms with E-state index in [1.165, 1.54) is 0 Å². The molecule has 31 heavy (non-hydrogen) atoms. The fourth-order valence-corrected chi connectivity index (χ4v) is 3.60. The highest BCUT2D eigenvalue weighted by Crippen LogP contribution is 2.24. The van der Waals surface area contributed by atoms with E-state index in [4.69, 9.17) is 28.6 Å². The quantitative estimate of drug-likeness (QED) is 0.583. The Morgan fingerprint density at radius 1 is 1.13 bits per heavy atom. The minimum Gasteiger partial charge on any atom is -0.484 e. The lowest BCUT2D eigenvalue weighted by Gasteiger charge is -2.32. The molecule has 0 bridgehead atoms. The fourth-order valence-electron chi connectivity index (χ4n) is 2.94. The van der Waals surface area contributed by atoms with E-state index >= 15 is 0 Å². The zero-order valence-corrected chi connectivity index (χ0v) is 20.0. The standard InChI is InChI=1S/C21H22BrClN4O3S/c1-26-8-10-27(11-9-26)20(29)14-2-7-17(23)18(12-14)24-21(31)25-19(28)13-30-16-5-3-15(22)4-6-16/h2-7,12H,8-11,13H2,1H3,(H2,24,25,28,31). The van der Waals surface area contributed by atoms with Gasteiger partial charge in [0, 0.05) is 36.2 Å². The molecule has 0 saturated carbocycles. The largest absolute Gasteiger partial charge is 0.484 e. The molecule has 7 nitrogen and oxygen atoms in total. The lowest BCUT2D eigenvalue weighted by Crippen LogP contribution is -2.47. The number of piperazine rings is 1. The molecular formula is C21H22BrClN4O3S. The Balaban J connectivity index is 1.55. The number of halogens is 2. The van der Waals surface area contributed by atoms with Crippen LogP contribution in [-0.2, 0) is 4.79 Å². The van der Waals surface area contributed by atoms with Gasteiger partial charge in [-0.1, -0.05) is 27.5 Å². The van der Waals surface area contributed by atoms with Crippen LogP contribution >= 0.6 is 39.7 Å². The fraction of sp³-hybridized carbons (Fsp3) is 0.286. The van der Waals surface area contributed by atoms with Crippen LogP contribution in [0.3, 0.4) is 0 Å². The van der Waals surface area contributed by atoms with E-state index in [0.717, 1.165) is 17.6 Å². The molecule has 1 saturated heterocycles. The van der Waals surface area contributed by atoms with Crippen molar-refractivity contribution in [3.8, 4) is 5.75 Å². The van der Waals surface area contributed by atoms with Crippen LogP contribution in [0.1, 0.15) is 10.4 Å². The zero-order valence-electron chi connectivity index (χ0n) is 16.9. The van der Waals surface area contributed by atoms with Crippen LogP contribution in [0.5, 0.6) is 5.75 Å². The maximum Gasteiger partial charge on any atom is 0.264 e. The predicted octanol–water partition coefficient (Wildman–Crippen LogP) is 3.38. The number of carbonyl (C=O) groups is 2. The van der Waals surface area contributed by atoms with Crippen molar-refractivity contribution in [2.24, 2.45) is 0 Å². The topological polar surface area (TPSA) is 73.9 Å². The van der Waals surface area contributed by atoms with Crippen molar-refractivity contribution in [3.63, 3.8) is 0 Å². The highest BCUT2D eigenvalue weighted by molar-refractivity contribution is 9.10.